The van der Waals surface area contributed by atoms with Gasteiger partial charge in [-0.05, 0) is 50.2 Å². The van der Waals surface area contributed by atoms with Crippen LogP contribution in [-0.2, 0) is 19.6 Å². The van der Waals surface area contributed by atoms with Crippen LogP contribution in [0.25, 0.3) is 0 Å². The van der Waals surface area contributed by atoms with E-state index in [-0.39, 0.29) is 16.3 Å². The van der Waals surface area contributed by atoms with Crippen LogP contribution in [0.1, 0.15) is 13.8 Å². The quantitative estimate of drug-likeness (QED) is 0.621. The maximum Gasteiger partial charge on any atom is 0.327 e. The topological polar surface area (TPSA) is 82.1 Å². The van der Waals surface area contributed by atoms with Crippen molar-refractivity contribution >= 4 is 21.7 Å². The molecule has 2 rings (SSSR count). The normalized spacial score (nSPS) is 11.2. The number of ether oxygens (including phenoxy) is 3. The van der Waals surface area contributed by atoms with Gasteiger partial charge in [0.25, 0.3) is 10.0 Å². The summed E-state index contributed by atoms with van der Waals surface area (Å²) < 4.78 is 56.1. The van der Waals surface area contributed by atoms with Crippen LogP contribution in [0.5, 0.6) is 11.5 Å². The zero-order valence-corrected chi connectivity index (χ0v) is 16.8. The van der Waals surface area contributed by atoms with Crippen molar-refractivity contribution in [3.8, 4) is 11.5 Å². The van der Waals surface area contributed by atoms with Gasteiger partial charge >= 0.3 is 5.97 Å². The molecule has 0 saturated carbocycles. The largest absolute Gasteiger partial charge is 0.497 e. The van der Waals surface area contributed by atoms with Gasteiger partial charge in [0.15, 0.2) is 0 Å². The Hall–Kier alpha value is -2.81. The fraction of sp³-hybridized carbons (Fsp3) is 0.316. The SMILES string of the molecule is COc1ccc(OC)c(N(CC(=O)OC(C)C)S(=O)(=O)c2ccc(F)cc2)c1. The van der Waals surface area contributed by atoms with E-state index in [4.69, 9.17) is 14.2 Å². The second-order valence-electron chi connectivity index (χ2n) is 6.04. The molecular weight excluding hydrogens is 389 g/mol. The lowest BCUT2D eigenvalue weighted by Crippen LogP contribution is -2.37. The first-order valence-electron chi connectivity index (χ1n) is 8.39. The highest BCUT2D eigenvalue weighted by Gasteiger charge is 2.30. The Labute approximate surface area is 163 Å². The lowest BCUT2D eigenvalue weighted by molar-refractivity contribution is -0.145. The Morgan fingerprint density at radius 2 is 1.71 bits per heavy atom. The molecule has 0 saturated heterocycles. The molecule has 0 spiro atoms. The summed E-state index contributed by atoms with van der Waals surface area (Å²) in [7, 11) is -1.43. The third kappa shape index (κ3) is 4.92. The average molecular weight is 411 g/mol. The number of carbonyl (C=O) groups excluding carboxylic acids is 1. The van der Waals surface area contributed by atoms with Crippen LogP contribution in [0.15, 0.2) is 47.4 Å². The summed E-state index contributed by atoms with van der Waals surface area (Å²) in [6.07, 6.45) is -0.421. The monoisotopic (exact) mass is 411 g/mol. The Morgan fingerprint density at radius 3 is 2.25 bits per heavy atom. The van der Waals surface area contributed by atoms with Crippen molar-refractivity contribution in [2.75, 3.05) is 25.1 Å². The number of rotatable bonds is 8. The van der Waals surface area contributed by atoms with Gasteiger partial charge in [-0.25, -0.2) is 12.8 Å². The summed E-state index contributed by atoms with van der Waals surface area (Å²) in [5, 5.41) is 0. The Morgan fingerprint density at radius 1 is 1.07 bits per heavy atom. The van der Waals surface area contributed by atoms with Gasteiger partial charge in [-0.15, -0.1) is 0 Å². The minimum absolute atomic E-state index is 0.0897. The fourth-order valence-corrected chi connectivity index (χ4v) is 3.85. The van der Waals surface area contributed by atoms with Crippen molar-refractivity contribution in [2.45, 2.75) is 24.8 Å². The zero-order valence-electron chi connectivity index (χ0n) is 16.0. The molecule has 0 aliphatic carbocycles. The number of nitrogens with zero attached hydrogens (tertiary/aromatic N) is 1. The maximum absolute atomic E-state index is 13.3. The van der Waals surface area contributed by atoms with E-state index in [1.165, 1.54) is 26.4 Å². The van der Waals surface area contributed by atoms with Crippen molar-refractivity contribution in [3.63, 3.8) is 0 Å². The summed E-state index contributed by atoms with van der Waals surface area (Å²) in [5.74, 6) is -0.745. The maximum atomic E-state index is 13.3. The van der Waals surface area contributed by atoms with Crippen LogP contribution in [0.4, 0.5) is 10.1 Å². The molecule has 0 amide bonds. The number of esters is 1. The van der Waals surface area contributed by atoms with E-state index in [1.54, 1.807) is 19.9 Å². The van der Waals surface area contributed by atoms with E-state index < -0.39 is 34.5 Å². The molecule has 0 fully saturated rings. The Bertz CT molecular complexity index is 928. The number of sulfonamides is 1. The molecule has 0 radical (unpaired) electrons. The summed E-state index contributed by atoms with van der Waals surface area (Å²) in [6, 6.07) is 8.85. The molecule has 2 aromatic carbocycles. The number of benzene rings is 2. The van der Waals surface area contributed by atoms with E-state index in [2.05, 4.69) is 0 Å². The molecule has 0 atom stereocenters. The Balaban J connectivity index is 2.60. The molecule has 2 aromatic rings. The molecule has 0 N–H and O–H groups in total. The molecule has 0 bridgehead atoms. The highest BCUT2D eigenvalue weighted by molar-refractivity contribution is 7.92. The van der Waals surface area contributed by atoms with Gasteiger partial charge in [-0.2, -0.15) is 0 Å². The molecule has 9 heteroatoms. The number of hydrogen-bond acceptors (Lipinski definition) is 6. The lowest BCUT2D eigenvalue weighted by atomic mass is 10.2. The molecular formula is C19H22FNO6S. The van der Waals surface area contributed by atoms with Crippen molar-refractivity contribution in [1.29, 1.82) is 0 Å². The average Bonchev–Trinajstić information content (AvgIpc) is 2.65. The highest BCUT2D eigenvalue weighted by atomic mass is 32.2. The number of hydrogen-bond donors (Lipinski definition) is 0. The molecule has 0 heterocycles. The molecule has 0 unspecified atom stereocenters. The van der Waals surface area contributed by atoms with Gasteiger partial charge in [0.2, 0.25) is 0 Å². The second kappa shape index (κ2) is 8.92. The van der Waals surface area contributed by atoms with Crippen LogP contribution in [-0.4, -0.2) is 41.3 Å². The molecule has 0 aliphatic heterocycles. The standard InChI is InChI=1S/C19H22FNO6S/c1-13(2)27-19(22)12-21(17-11-15(25-3)7-10-18(17)26-4)28(23,24)16-8-5-14(20)6-9-16/h5-11,13H,12H2,1-4H3. The van der Waals surface area contributed by atoms with Crippen molar-refractivity contribution < 1.29 is 31.8 Å². The van der Waals surface area contributed by atoms with Crippen molar-refractivity contribution in [2.24, 2.45) is 0 Å². The summed E-state index contributed by atoms with van der Waals surface area (Å²) >= 11 is 0. The van der Waals surface area contributed by atoms with E-state index in [9.17, 15) is 17.6 Å². The first-order valence-corrected chi connectivity index (χ1v) is 9.83. The number of methoxy groups -OCH3 is 2. The number of carbonyl (C=O) groups is 1. The third-order valence-corrected chi connectivity index (χ3v) is 5.47. The van der Waals surface area contributed by atoms with E-state index in [1.807, 2.05) is 0 Å². The summed E-state index contributed by atoms with van der Waals surface area (Å²) in [5.41, 5.74) is 0.0897. The van der Waals surface area contributed by atoms with Gasteiger partial charge in [-0.3, -0.25) is 9.10 Å². The van der Waals surface area contributed by atoms with E-state index in [0.717, 1.165) is 28.6 Å². The minimum atomic E-state index is -4.23. The zero-order chi connectivity index (χ0) is 20.9. The van der Waals surface area contributed by atoms with Gasteiger partial charge in [-0.1, -0.05) is 0 Å². The van der Waals surface area contributed by atoms with Crippen LogP contribution < -0.4 is 13.8 Å². The smallest absolute Gasteiger partial charge is 0.327 e. The highest BCUT2D eigenvalue weighted by Crippen LogP contribution is 2.35. The van der Waals surface area contributed by atoms with Crippen LogP contribution in [0.3, 0.4) is 0 Å². The predicted molar refractivity (Wildman–Crippen MR) is 102 cm³/mol. The Kier molecular flexibility index (Phi) is 6.85. The van der Waals surface area contributed by atoms with Crippen molar-refractivity contribution in [3.05, 3.63) is 48.3 Å². The van der Waals surface area contributed by atoms with Gasteiger partial charge in [0, 0.05) is 6.07 Å². The first-order chi connectivity index (χ1) is 13.2. The summed E-state index contributed by atoms with van der Waals surface area (Å²) in [4.78, 5) is 12.1. The molecule has 0 aromatic heterocycles. The molecule has 0 aliphatic rings. The van der Waals surface area contributed by atoms with E-state index in [0.29, 0.717) is 5.75 Å². The minimum Gasteiger partial charge on any atom is -0.497 e. The molecule has 28 heavy (non-hydrogen) atoms. The molecule has 7 nitrogen and oxygen atoms in total. The number of halogens is 1. The fourth-order valence-electron chi connectivity index (χ4n) is 2.44. The second-order valence-corrected chi connectivity index (χ2v) is 7.90. The van der Waals surface area contributed by atoms with Gasteiger partial charge in [0.1, 0.15) is 23.9 Å². The van der Waals surface area contributed by atoms with Crippen LogP contribution >= 0.6 is 0 Å². The third-order valence-electron chi connectivity index (χ3n) is 3.70. The summed E-state index contributed by atoms with van der Waals surface area (Å²) in [6.45, 7) is 2.72. The molecule has 152 valence electrons. The van der Waals surface area contributed by atoms with Gasteiger partial charge < -0.3 is 14.2 Å². The predicted octanol–water partition coefficient (Wildman–Crippen LogP) is 2.99. The lowest BCUT2D eigenvalue weighted by Gasteiger charge is -2.26. The van der Waals surface area contributed by atoms with Gasteiger partial charge in [0.05, 0.1) is 30.9 Å². The number of anilines is 1. The van der Waals surface area contributed by atoms with E-state index >= 15 is 0 Å². The van der Waals surface area contributed by atoms with Crippen LogP contribution in [0, 0.1) is 5.82 Å². The van der Waals surface area contributed by atoms with Crippen LogP contribution in [0.2, 0.25) is 0 Å². The van der Waals surface area contributed by atoms with Crippen molar-refractivity contribution in [1.82, 2.24) is 0 Å². The first kappa shape index (κ1) is 21.5.